The summed E-state index contributed by atoms with van der Waals surface area (Å²) in [7, 11) is 1.56. The van der Waals surface area contributed by atoms with Gasteiger partial charge in [0.2, 0.25) is 11.8 Å². The summed E-state index contributed by atoms with van der Waals surface area (Å²) in [5.41, 5.74) is 1.59. The van der Waals surface area contributed by atoms with E-state index in [-0.39, 0.29) is 17.4 Å². The van der Waals surface area contributed by atoms with Crippen LogP contribution in [0.2, 0.25) is 0 Å². The molecule has 0 saturated carbocycles. The summed E-state index contributed by atoms with van der Waals surface area (Å²) in [6.45, 7) is 6.04. The molecule has 1 heterocycles. The monoisotopic (exact) mass is 371 g/mol. The zero-order valence-electron chi connectivity index (χ0n) is 16.4. The number of carbonyl (C=O) groups excluding carboxylic acids is 2. The van der Waals surface area contributed by atoms with Gasteiger partial charge < -0.3 is 20.9 Å². The third kappa shape index (κ3) is 6.86. The van der Waals surface area contributed by atoms with Gasteiger partial charge in [0.15, 0.2) is 0 Å². The number of amides is 2. The van der Waals surface area contributed by atoms with Crippen LogP contribution in [0, 0.1) is 0 Å². The van der Waals surface area contributed by atoms with E-state index in [4.69, 9.17) is 0 Å². The lowest BCUT2D eigenvalue weighted by atomic mass is 10.00. The maximum atomic E-state index is 13.0. The molecule has 27 heavy (non-hydrogen) atoms. The van der Waals surface area contributed by atoms with Crippen LogP contribution in [0.15, 0.2) is 42.9 Å². The van der Waals surface area contributed by atoms with Gasteiger partial charge in [-0.2, -0.15) is 0 Å². The van der Waals surface area contributed by atoms with Crippen LogP contribution < -0.4 is 16.0 Å². The van der Waals surface area contributed by atoms with Gasteiger partial charge in [0.25, 0.3) is 0 Å². The smallest absolute Gasteiger partial charge is 0.242 e. The predicted octanol–water partition coefficient (Wildman–Crippen LogP) is 1.18. The van der Waals surface area contributed by atoms with E-state index in [1.54, 1.807) is 19.6 Å². The average molecular weight is 371 g/mol. The van der Waals surface area contributed by atoms with Gasteiger partial charge in [-0.15, -0.1) is 0 Å². The van der Waals surface area contributed by atoms with E-state index in [1.165, 1.54) is 0 Å². The first-order chi connectivity index (χ1) is 12.8. The van der Waals surface area contributed by atoms with E-state index in [2.05, 4.69) is 25.9 Å². The van der Waals surface area contributed by atoms with Crippen LogP contribution in [0.3, 0.4) is 0 Å². The molecule has 0 spiro atoms. The summed E-state index contributed by atoms with van der Waals surface area (Å²) in [4.78, 5) is 32.2. The summed E-state index contributed by atoms with van der Waals surface area (Å²) >= 11 is 0. The molecule has 2 aromatic rings. The normalized spacial score (nSPS) is 13.6. The Kier molecular flexibility index (Phi) is 7.12. The van der Waals surface area contributed by atoms with Crippen LogP contribution in [0.25, 0.3) is 0 Å². The maximum Gasteiger partial charge on any atom is 0.242 e. The van der Waals surface area contributed by atoms with Crippen molar-refractivity contribution in [1.29, 1.82) is 0 Å². The van der Waals surface area contributed by atoms with Crippen LogP contribution in [0.4, 0.5) is 0 Å². The molecule has 1 aromatic heterocycles. The van der Waals surface area contributed by atoms with E-state index in [0.29, 0.717) is 12.8 Å². The van der Waals surface area contributed by atoms with Gasteiger partial charge in [0.05, 0.1) is 12.4 Å². The van der Waals surface area contributed by atoms with Crippen molar-refractivity contribution in [2.24, 2.45) is 0 Å². The summed E-state index contributed by atoms with van der Waals surface area (Å²) in [6.07, 6.45) is 4.09. The van der Waals surface area contributed by atoms with E-state index >= 15 is 0 Å². The number of aromatic nitrogens is 2. The van der Waals surface area contributed by atoms with Gasteiger partial charge in [-0.05, 0) is 32.8 Å². The second-order valence-corrected chi connectivity index (χ2v) is 7.59. The van der Waals surface area contributed by atoms with Crippen LogP contribution in [-0.2, 0) is 22.4 Å². The minimum absolute atomic E-state index is 0.207. The first-order valence-corrected chi connectivity index (χ1v) is 9.09. The number of benzene rings is 1. The fourth-order valence-electron chi connectivity index (χ4n) is 2.85. The van der Waals surface area contributed by atoms with E-state index in [9.17, 15) is 9.59 Å². The Morgan fingerprint density at radius 3 is 2.33 bits per heavy atom. The number of likely N-dealkylation sites (N-methyl/N-ethyl adjacent to an activating group) is 1. The largest absolute Gasteiger partial charge is 0.357 e. The minimum atomic E-state index is -0.678. The fourth-order valence-corrected chi connectivity index (χ4v) is 2.85. The molecule has 7 heteroatoms. The summed E-state index contributed by atoms with van der Waals surface area (Å²) in [6, 6.07) is 8.70. The van der Waals surface area contributed by atoms with Gasteiger partial charge in [0.1, 0.15) is 6.04 Å². The molecule has 0 unspecified atom stereocenters. The van der Waals surface area contributed by atoms with Crippen LogP contribution >= 0.6 is 0 Å². The molecular weight excluding hydrogens is 342 g/mol. The van der Waals surface area contributed by atoms with E-state index < -0.39 is 12.1 Å². The Labute approximate surface area is 160 Å². The third-order valence-corrected chi connectivity index (χ3v) is 4.06. The first kappa shape index (κ1) is 20.6. The molecule has 7 nitrogen and oxygen atoms in total. The first-order valence-electron chi connectivity index (χ1n) is 9.09. The summed E-state index contributed by atoms with van der Waals surface area (Å²) in [5.74, 6) is -0.450. The quantitative estimate of drug-likeness (QED) is 0.560. The number of nitrogens with zero attached hydrogens (tertiary/aromatic N) is 1. The minimum Gasteiger partial charge on any atom is -0.357 e. The maximum absolute atomic E-state index is 13.0. The summed E-state index contributed by atoms with van der Waals surface area (Å²) in [5, 5.41) is 8.86. The van der Waals surface area contributed by atoms with Crippen molar-refractivity contribution in [1.82, 2.24) is 25.9 Å². The van der Waals surface area contributed by atoms with Gasteiger partial charge in [0, 0.05) is 30.9 Å². The Bertz CT molecular complexity index is 723. The van der Waals surface area contributed by atoms with Crippen molar-refractivity contribution in [3.8, 4) is 0 Å². The number of nitrogens with one attached hydrogen (secondary N) is 4. The lowest BCUT2D eigenvalue weighted by molar-refractivity contribution is -0.130. The molecule has 2 atom stereocenters. The Balaban J connectivity index is 2.14. The predicted molar refractivity (Wildman–Crippen MR) is 105 cm³/mol. The number of rotatable bonds is 8. The third-order valence-electron chi connectivity index (χ3n) is 4.06. The highest BCUT2D eigenvalue weighted by molar-refractivity contribution is 5.90. The number of carbonyl (C=O) groups is 2. The number of hydrogen-bond acceptors (Lipinski definition) is 4. The molecule has 146 valence electrons. The fraction of sp³-hybridized carbons (Fsp3) is 0.450. The van der Waals surface area contributed by atoms with Gasteiger partial charge in [-0.3, -0.25) is 9.59 Å². The average Bonchev–Trinajstić information content (AvgIpc) is 3.12. The highest BCUT2D eigenvalue weighted by Crippen LogP contribution is 2.09. The lowest BCUT2D eigenvalue weighted by Crippen LogP contribution is -2.57. The molecule has 0 fully saturated rings. The molecule has 1 aromatic carbocycles. The standard InChI is InChI=1S/C20H29N5O2/c1-20(2,3)25-17(10-14-8-6-5-7-9-14)19(27)24-16(18(26)21-4)11-15-12-22-13-23-15/h5-9,12-13,16-17,25H,10-11H2,1-4H3,(H,21,26)(H,22,23)(H,24,27)/t16-,17-/m0/s1. The molecule has 0 saturated heterocycles. The lowest BCUT2D eigenvalue weighted by Gasteiger charge is -2.29. The van der Waals surface area contributed by atoms with Gasteiger partial charge >= 0.3 is 0 Å². The molecule has 4 N–H and O–H groups in total. The van der Waals surface area contributed by atoms with Crippen molar-refractivity contribution in [2.75, 3.05) is 7.05 Å². The second-order valence-electron chi connectivity index (χ2n) is 7.59. The summed E-state index contributed by atoms with van der Waals surface area (Å²) < 4.78 is 0. The second kappa shape index (κ2) is 9.32. The van der Waals surface area contributed by atoms with Crippen molar-refractivity contribution in [3.63, 3.8) is 0 Å². The molecule has 0 bridgehead atoms. The molecule has 0 aliphatic carbocycles. The molecule has 0 radical (unpaired) electrons. The van der Waals surface area contributed by atoms with Crippen molar-refractivity contribution in [3.05, 3.63) is 54.1 Å². The molecule has 0 aliphatic rings. The number of aromatic amines is 1. The van der Waals surface area contributed by atoms with Gasteiger partial charge in [-0.1, -0.05) is 30.3 Å². The van der Waals surface area contributed by atoms with Crippen molar-refractivity contribution in [2.45, 2.75) is 51.2 Å². The Morgan fingerprint density at radius 2 is 1.78 bits per heavy atom. The van der Waals surface area contributed by atoms with Crippen molar-refractivity contribution < 1.29 is 9.59 Å². The van der Waals surface area contributed by atoms with Crippen molar-refractivity contribution >= 4 is 11.8 Å². The zero-order chi connectivity index (χ0) is 19.9. The highest BCUT2D eigenvalue weighted by Gasteiger charge is 2.28. The molecular formula is C20H29N5O2. The molecule has 2 amide bonds. The zero-order valence-corrected chi connectivity index (χ0v) is 16.4. The van der Waals surface area contributed by atoms with Crippen LogP contribution in [0.5, 0.6) is 0 Å². The topological polar surface area (TPSA) is 98.9 Å². The number of imidazole rings is 1. The number of hydrogen-bond donors (Lipinski definition) is 4. The molecule has 0 aliphatic heterocycles. The molecule has 2 rings (SSSR count). The van der Waals surface area contributed by atoms with E-state index in [1.807, 2.05) is 51.1 Å². The van der Waals surface area contributed by atoms with Crippen LogP contribution in [-0.4, -0.2) is 46.5 Å². The van der Waals surface area contributed by atoms with E-state index in [0.717, 1.165) is 11.3 Å². The SMILES string of the molecule is CNC(=O)[C@H](Cc1cnc[nH]1)NC(=O)[C@H](Cc1ccccc1)NC(C)(C)C. The highest BCUT2D eigenvalue weighted by atomic mass is 16.2. The van der Waals surface area contributed by atoms with Gasteiger partial charge in [-0.25, -0.2) is 4.98 Å². The number of H-pyrrole nitrogens is 1. The Hall–Kier alpha value is -2.67. The van der Waals surface area contributed by atoms with Crippen LogP contribution in [0.1, 0.15) is 32.0 Å². The Morgan fingerprint density at radius 1 is 1.07 bits per heavy atom.